The lowest BCUT2D eigenvalue weighted by Gasteiger charge is -2.31. The summed E-state index contributed by atoms with van der Waals surface area (Å²) in [4.78, 5) is 11.0. The number of aliphatic hydroxyl groups is 1. The summed E-state index contributed by atoms with van der Waals surface area (Å²) in [5, 5.41) is 27.3. The summed E-state index contributed by atoms with van der Waals surface area (Å²) in [5.74, 6) is 0. The summed E-state index contributed by atoms with van der Waals surface area (Å²) in [7, 11) is 0. The van der Waals surface area contributed by atoms with E-state index in [1.165, 1.54) is 0 Å². The minimum absolute atomic E-state index is 0.0330. The minimum atomic E-state index is -0.534. The summed E-state index contributed by atoms with van der Waals surface area (Å²) in [5.41, 5.74) is 0.448. The van der Waals surface area contributed by atoms with Gasteiger partial charge < -0.3 is 15.7 Å². The molecule has 21 heavy (non-hydrogen) atoms. The van der Waals surface area contributed by atoms with Gasteiger partial charge in [-0.2, -0.15) is 0 Å². The maximum atomic E-state index is 11.4. The van der Waals surface area contributed by atoms with Gasteiger partial charge in [-0.1, -0.05) is 26.8 Å². The van der Waals surface area contributed by atoms with E-state index in [9.17, 15) is 15.2 Å². The molecule has 0 aliphatic rings. The second kappa shape index (κ2) is 7.83. The Morgan fingerprint density at radius 2 is 1.86 bits per heavy atom. The Morgan fingerprint density at radius 3 is 2.33 bits per heavy atom. The zero-order chi connectivity index (χ0) is 15.9. The Morgan fingerprint density at radius 1 is 1.24 bits per heavy atom. The molecular weight excluding hydrogens is 270 g/mol. The molecule has 3 N–H and O–H groups in total. The van der Waals surface area contributed by atoms with Crippen molar-refractivity contribution in [2.45, 2.75) is 45.6 Å². The molecule has 1 aromatic rings. The molecule has 0 saturated carbocycles. The van der Waals surface area contributed by atoms with Gasteiger partial charge in [0.15, 0.2) is 0 Å². The number of nitrogens with one attached hydrogen (secondary N) is 2. The van der Waals surface area contributed by atoms with Crippen LogP contribution in [0.4, 0.5) is 17.1 Å². The minimum Gasteiger partial charge on any atom is -0.394 e. The van der Waals surface area contributed by atoms with Crippen LogP contribution in [0.15, 0.2) is 18.2 Å². The molecule has 0 aliphatic heterocycles. The Labute approximate surface area is 125 Å². The van der Waals surface area contributed by atoms with Crippen molar-refractivity contribution in [3.8, 4) is 0 Å². The summed E-state index contributed by atoms with van der Waals surface area (Å²) >= 11 is 0. The number of nitrogens with zero attached hydrogens (tertiary/aromatic N) is 1. The first-order valence-corrected chi connectivity index (χ1v) is 7.43. The first kappa shape index (κ1) is 17.2. The third-order valence-electron chi connectivity index (χ3n) is 3.84. The van der Waals surface area contributed by atoms with Crippen LogP contribution in [-0.2, 0) is 0 Å². The van der Waals surface area contributed by atoms with Gasteiger partial charge in [-0.15, -0.1) is 0 Å². The fourth-order valence-corrected chi connectivity index (χ4v) is 2.22. The summed E-state index contributed by atoms with van der Waals surface area (Å²) < 4.78 is 0. The van der Waals surface area contributed by atoms with Gasteiger partial charge in [-0.3, -0.25) is 10.1 Å². The largest absolute Gasteiger partial charge is 0.394 e. The standard InChI is InChI=1S/C15H25N3O3/c1-4-10-16-12-8-7-9-13(14(12)18(20)21)17-15(5-2,6-3)11-19/h7-9,16-17,19H,4-6,10-11H2,1-3H3. The maximum absolute atomic E-state index is 11.4. The lowest BCUT2D eigenvalue weighted by Crippen LogP contribution is -2.41. The van der Waals surface area contributed by atoms with Gasteiger partial charge in [0.2, 0.25) is 0 Å². The van der Waals surface area contributed by atoms with Crippen molar-refractivity contribution >= 4 is 17.1 Å². The molecule has 0 fully saturated rings. The lowest BCUT2D eigenvalue weighted by atomic mass is 9.93. The summed E-state index contributed by atoms with van der Waals surface area (Å²) in [6.45, 7) is 6.53. The zero-order valence-corrected chi connectivity index (χ0v) is 13.0. The highest BCUT2D eigenvalue weighted by Gasteiger charge is 2.29. The third kappa shape index (κ3) is 4.07. The van der Waals surface area contributed by atoms with E-state index in [1.54, 1.807) is 18.2 Å². The van der Waals surface area contributed by atoms with Crippen LogP contribution in [0.5, 0.6) is 0 Å². The zero-order valence-electron chi connectivity index (χ0n) is 13.0. The Kier molecular flexibility index (Phi) is 6.42. The van der Waals surface area contributed by atoms with E-state index in [1.807, 2.05) is 20.8 Å². The number of para-hydroxylation sites is 1. The molecule has 6 heteroatoms. The number of nitro groups is 1. The van der Waals surface area contributed by atoms with Crippen LogP contribution in [0.3, 0.4) is 0 Å². The topological polar surface area (TPSA) is 87.4 Å². The van der Waals surface area contributed by atoms with Gasteiger partial charge in [-0.05, 0) is 31.4 Å². The fraction of sp³-hybridized carbons (Fsp3) is 0.600. The predicted octanol–water partition coefficient (Wildman–Crippen LogP) is 3.38. The lowest BCUT2D eigenvalue weighted by molar-refractivity contribution is -0.383. The Hall–Kier alpha value is -1.82. The van der Waals surface area contributed by atoms with Crippen molar-refractivity contribution < 1.29 is 10.0 Å². The number of hydrogen-bond donors (Lipinski definition) is 3. The number of nitro benzene ring substituents is 1. The van der Waals surface area contributed by atoms with Crippen LogP contribution in [-0.4, -0.2) is 28.7 Å². The molecule has 0 amide bonds. The van der Waals surface area contributed by atoms with Gasteiger partial charge >= 0.3 is 5.69 Å². The average molecular weight is 295 g/mol. The normalized spacial score (nSPS) is 11.2. The second-order valence-corrected chi connectivity index (χ2v) is 5.16. The molecule has 0 radical (unpaired) electrons. The SMILES string of the molecule is CCCNc1cccc(NC(CC)(CC)CO)c1[N+](=O)[O-]. The van der Waals surface area contributed by atoms with E-state index >= 15 is 0 Å². The van der Waals surface area contributed by atoms with Crippen molar-refractivity contribution in [1.29, 1.82) is 0 Å². The first-order valence-electron chi connectivity index (χ1n) is 7.43. The van der Waals surface area contributed by atoms with Crippen LogP contribution in [0.25, 0.3) is 0 Å². The number of benzene rings is 1. The van der Waals surface area contributed by atoms with E-state index in [0.717, 1.165) is 6.42 Å². The van der Waals surface area contributed by atoms with Gasteiger partial charge in [0, 0.05) is 6.54 Å². The summed E-state index contributed by atoms with van der Waals surface area (Å²) in [6.07, 6.45) is 2.26. The van der Waals surface area contributed by atoms with Crippen molar-refractivity contribution in [2.24, 2.45) is 0 Å². The average Bonchev–Trinajstić information content (AvgIpc) is 2.50. The van der Waals surface area contributed by atoms with Crippen LogP contribution in [0.2, 0.25) is 0 Å². The molecule has 0 unspecified atom stereocenters. The Balaban J connectivity index is 3.19. The number of rotatable bonds is 9. The molecular formula is C15H25N3O3. The van der Waals surface area contributed by atoms with E-state index in [-0.39, 0.29) is 17.2 Å². The molecule has 118 valence electrons. The van der Waals surface area contributed by atoms with Gasteiger partial charge in [0.1, 0.15) is 11.4 Å². The molecule has 0 atom stereocenters. The molecule has 0 heterocycles. The van der Waals surface area contributed by atoms with Crippen LogP contribution in [0, 0.1) is 10.1 Å². The van der Waals surface area contributed by atoms with Crippen molar-refractivity contribution in [3.63, 3.8) is 0 Å². The van der Waals surface area contributed by atoms with Crippen LogP contribution >= 0.6 is 0 Å². The number of aliphatic hydroxyl groups excluding tert-OH is 1. The highest BCUT2D eigenvalue weighted by molar-refractivity contribution is 5.76. The smallest absolute Gasteiger partial charge is 0.315 e. The molecule has 0 saturated heterocycles. The maximum Gasteiger partial charge on any atom is 0.315 e. The van der Waals surface area contributed by atoms with E-state index in [2.05, 4.69) is 10.6 Å². The summed E-state index contributed by atoms with van der Waals surface area (Å²) in [6, 6.07) is 5.17. The van der Waals surface area contributed by atoms with Gasteiger partial charge in [-0.25, -0.2) is 0 Å². The quantitative estimate of drug-likeness (QED) is 0.480. The predicted molar refractivity (Wildman–Crippen MR) is 85.9 cm³/mol. The molecule has 1 rings (SSSR count). The van der Waals surface area contributed by atoms with Crippen molar-refractivity contribution in [1.82, 2.24) is 0 Å². The molecule has 0 spiro atoms. The monoisotopic (exact) mass is 295 g/mol. The number of anilines is 2. The van der Waals surface area contributed by atoms with E-state index in [4.69, 9.17) is 0 Å². The van der Waals surface area contributed by atoms with Crippen molar-refractivity contribution in [2.75, 3.05) is 23.8 Å². The van der Waals surface area contributed by atoms with E-state index < -0.39 is 5.54 Å². The second-order valence-electron chi connectivity index (χ2n) is 5.16. The highest BCUT2D eigenvalue weighted by Crippen LogP contribution is 2.35. The van der Waals surface area contributed by atoms with Gasteiger partial charge in [0.05, 0.1) is 17.1 Å². The highest BCUT2D eigenvalue weighted by atomic mass is 16.6. The molecule has 0 aromatic heterocycles. The van der Waals surface area contributed by atoms with Crippen LogP contribution in [0.1, 0.15) is 40.0 Å². The van der Waals surface area contributed by atoms with Crippen LogP contribution < -0.4 is 10.6 Å². The third-order valence-corrected chi connectivity index (χ3v) is 3.84. The van der Waals surface area contributed by atoms with E-state index in [0.29, 0.717) is 30.8 Å². The Bertz CT molecular complexity index is 465. The molecule has 6 nitrogen and oxygen atoms in total. The molecule has 1 aromatic carbocycles. The molecule has 0 aliphatic carbocycles. The number of hydrogen-bond acceptors (Lipinski definition) is 5. The van der Waals surface area contributed by atoms with Crippen molar-refractivity contribution in [3.05, 3.63) is 28.3 Å². The first-order chi connectivity index (χ1) is 10.0. The fourth-order valence-electron chi connectivity index (χ4n) is 2.22. The van der Waals surface area contributed by atoms with Gasteiger partial charge in [0.25, 0.3) is 0 Å². The molecule has 0 bridgehead atoms.